The molecule has 1 saturated heterocycles. The van der Waals surface area contributed by atoms with Crippen molar-refractivity contribution < 1.29 is 14.2 Å². The van der Waals surface area contributed by atoms with Crippen LogP contribution in [0.5, 0.6) is 5.75 Å². The number of nitrogens with zero attached hydrogens (tertiary/aromatic N) is 2. The van der Waals surface area contributed by atoms with Crippen molar-refractivity contribution in [1.82, 2.24) is 9.80 Å². The topological polar surface area (TPSA) is 34.2 Å². The van der Waals surface area contributed by atoms with Crippen molar-refractivity contribution in [3.63, 3.8) is 0 Å². The minimum atomic E-state index is 0.717. The lowest BCUT2D eigenvalue weighted by molar-refractivity contribution is 0.0784. The Morgan fingerprint density at radius 1 is 1.03 bits per heavy atom. The molecule has 1 aromatic carbocycles. The normalized spacial score (nSPS) is 19.6. The molecule has 1 aromatic rings. The highest BCUT2D eigenvalue weighted by atomic mass is 16.6. The van der Waals surface area contributed by atoms with Crippen LogP contribution in [0.3, 0.4) is 0 Å². The molecule has 4 rings (SSSR count). The number of allylic oxidation sites excluding steroid dienone is 4. The van der Waals surface area contributed by atoms with Gasteiger partial charge in [-0.3, -0.25) is 4.90 Å². The lowest BCUT2D eigenvalue weighted by Crippen LogP contribution is -2.47. The quantitative estimate of drug-likeness (QED) is 0.692. The molecule has 0 aromatic heterocycles. The molecular weight excluding hydrogens is 364 g/mol. The SMILES string of the molecule is CCc1ccccc1OCCN1CCN(C2=COC(C3=CC=CCC3)=CO2)CC1. The van der Waals surface area contributed by atoms with Gasteiger partial charge in [0.2, 0.25) is 5.88 Å². The molecule has 29 heavy (non-hydrogen) atoms. The minimum absolute atomic E-state index is 0.717. The number of rotatable bonds is 7. The third-order valence-corrected chi connectivity index (χ3v) is 5.61. The van der Waals surface area contributed by atoms with E-state index in [4.69, 9.17) is 14.2 Å². The summed E-state index contributed by atoms with van der Waals surface area (Å²) in [7, 11) is 0. The van der Waals surface area contributed by atoms with Crippen LogP contribution in [0.15, 0.2) is 72.2 Å². The Morgan fingerprint density at radius 3 is 2.62 bits per heavy atom. The summed E-state index contributed by atoms with van der Waals surface area (Å²) in [6.07, 6.45) is 12.9. The van der Waals surface area contributed by atoms with Gasteiger partial charge >= 0.3 is 0 Å². The van der Waals surface area contributed by atoms with E-state index in [1.54, 1.807) is 12.5 Å². The van der Waals surface area contributed by atoms with Gasteiger partial charge in [0.25, 0.3) is 0 Å². The predicted molar refractivity (Wildman–Crippen MR) is 114 cm³/mol. The van der Waals surface area contributed by atoms with E-state index >= 15 is 0 Å². The van der Waals surface area contributed by atoms with Crippen LogP contribution in [0.4, 0.5) is 0 Å². The van der Waals surface area contributed by atoms with Gasteiger partial charge in [-0.15, -0.1) is 0 Å². The fraction of sp³-hybridized carbons (Fsp3) is 0.417. The molecule has 0 atom stereocenters. The molecule has 2 aliphatic heterocycles. The van der Waals surface area contributed by atoms with Gasteiger partial charge in [-0.2, -0.15) is 0 Å². The average Bonchev–Trinajstić information content (AvgIpc) is 2.80. The Labute approximate surface area is 173 Å². The molecule has 1 aliphatic carbocycles. The Morgan fingerprint density at radius 2 is 1.90 bits per heavy atom. The number of piperazine rings is 1. The van der Waals surface area contributed by atoms with E-state index in [1.165, 1.54) is 11.1 Å². The first kappa shape index (κ1) is 19.6. The van der Waals surface area contributed by atoms with Crippen LogP contribution in [0, 0.1) is 0 Å². The summed E-state index contributed by atoms with van der Waals surface area (Å²) in [4.78, 5) is 4.68. The van der Waals surface area contributed by atoms with Crippen molar-refractivity contribution in [2.45, 2.75) is 26.2 Å². The molecule has 0 N–H and O–H groups in total. The van der Waals surface area contributed by atoms with Crippen molar-refractivity contribution in [1.29, 1.82) is 0 Å². The van der Waals surface area contributed by atoms with Gasteiger partial charge in [-0.25, -0.2) is 0 Å². The summed E-state index contributed by atoms with van der Waals surface area (Å²) in [5.74, 6) is 2.63. The maximum Gasteiger partial charge on any atom is 0.231 e. The number of ether oxygens (including phenoxy) is 3. The van der Waals surface area contributed by atoms with E-state index in [1.807, 2.05) is 6.07 Å². The summed E-state index contributed by atoms with van der Waals surface area (Å²) >= 11 is 0. The summed E-state index contributed by atoms with van der Waals surface area (Å²) in [6.45, 7) is 7.65. The molecule has 154 valence electrons. The minimum Gasteiger partial charge on any atom is -0.492 e. The van der Waals surface area contributed by atoms with Crippen molar-refractivity contribution in [2.75, 3.05) is 39.3 Å². The summed E-state index contributed by atoms with van der Waals surface area (Å²) < 4.78 is 17.7. The van der Waals surface area contributed by atoms with Gasteiger partial charge in [0.05, 0.1) is 0 Å². The summed E-state index contributed by atoms with van der Waals surface area (Å²) in [6, 6.07) is 8.30. The first-order chi connectivity index (χ1) is 14.3. The monoisotopic (exact) mass is 394 g/mol. The highest BCUT2D eigenvalue weighted by Crippen LogP contribution is 2.26. The molecular formula is C24H30N2O3. The van der Waals surface area contributed by atoms with Crippen LogP contribution in [0.1, 0.15) is 25.3 Å². The van der Waals surface area contributed by atoms with Gasteiger partial charge in [-0.1, -0.05) is 43.4 Å². The van der Waals surface area contributed by atoms with Crippen molar-refractivity contribution in [3.05, 3.63) is 77.8 Å². The number of para-hydroxylation sites is 1. The lowest BCUT2D eigenvalue weighted by Gasteiger charge is -2.36. The zero-order valence-electron chi connectivity index (χ0n) is 17.2. The number of aryl methyl sites for hydroxylation is 1. The second kappa shape index (κ2) is 9.70. The summed E-state index contributed by atoms with van der Waals surface area (Å²) in [5, 5.41) is 0. The Hall–Kier alpha value is -2.66. The Bertz CT molecular complexity index is 817. The molecule has 0 radical (unpaired) electrons. The molecule has 5 heteroatoms. The third kappa shape index (κ3) is 5.04. The Kier molecular flexibility index (Phi) is 6.57. The zero-order valence-corrected chi connectivity index (χ0v) is 17.2. The van der Waals surface area contributed by atoms with Crippen LogP contribution >= 0.6 is 0 Å². The molecule has 5 nitrogen and oxygen atoms in total. The van der Waals surface area contributed by atoms with Crippen LogP contribution < -0.4 is 4.74 Å². The van der Waals surface area contributed by atoms with Gasteiger partial charge in [-0.05, 0) is 36.5 Å². The highest BCUT2D eigenvalue weighted by Gasteiger charge is 2.22. The predicted octanol–water partition coefficient (Wildman–Crippen LogP) is 4.21. The molecule has 1 fully saturated rings. The van der Waals surface area contributed by atoms with E-state index < -0.39 is 0 Å². The second-order valence-corrected chi connectivity index (χ2v) is 7.47. The van der Waals surface area contributed by atoms with Crippen molar-refractivity contribution in [3.8, 4) is 5.75 Å². The van der Waals surface area contributed by atoms with Crippen LogP contribution in [-0.2, 0) is 15.9 Å². The summed E-state index contributed by atoms with van der Waals surface area (Å²) in [5.41, 5.74) is 2.46. The maximum absolute atomic E-state index is 6.01. The van der Waals surface area contributed by atoms with Crippen molar-refractivity contribution in [2.24, 2.45) is 0 Å². The number of benzene rings is 1. The molecule has 0 bridgehead atoms. The average molecular weight is 395 g/mol. The number of hydrogen-bond acceptors (Lipinski definition) is 5. The maximum atomic E-state index is 6.01. The Balaban J connectivity index is 1.19. The third-order valence-electron chi connectivity index (χ3n) is 5.61. The van der Waals surface area contributed by atoms with E-state index in [9.17, 15) is 0 Å². The molecule has 3 aliphatic rings. The fourth-order valence-corrected chi connectivity index (χ4v) is 3.80. The van der Waals surface area contributed by atoms with Crippen molar-refractivity contribution >= 4 is 0 Å². The van der Waals surface area contributed by atoms with Gasteiger partial charge < -0.3 is 19.1 Å². The van der Waals surface area contributed by atoms with E-state index in [0.717, 1.165) is 76.0 Å². The zero-order chi connectivity index (χ0) is 19.9. The van der Waals surface area contributed by atoms with E-state index in [-0.39, 0.29) is 0 Å². The lowest BCUT2D eigenvalue weighted by atomic mass is 10.0. The molecule has 2 heterocycles. The fourth-order valence-electron chi connectivity index (χ4n) is 3.80. The first-order valence-corrected chi connectivity index (χ1v) is 10.6. The smallest absolute Gasteiger partial charge is 0.231 e. The second-order valence-electron chi connectivity index (χ2n) is 7.47. The van der Waals surface area contributed by atoms with Crippen LogP contribution in [0.25, 0.3) is 0 Å². The van der Waals surface area contributed by atoms with Gasteiger partial charge in [0.15, 0.2) is 12.0 Å². The van der Waals surface area contributed by atoms with E-state index in [0.29, 0.717) is 0 Å². The molecule has 0 spiro atoms. The molecule has 0 amide bonds. The van der Waals surface area contributed by atoms with Crippen LogP contribution in [0.2, 0.25) is 0 Å². The first-order valence-electron chi connectivity index (χ1n) is 10.6. The van der Waals surface area contributed by atoms with E-state index in [2.05, 4.69) is 53.2 Å². The highest BCUT2D eigenvalue weighted by molar-refractivity contribution is 5.33. The number of hydrogen-bond donors (Lipinski definition) is 0. The standard InChI is InChI=1S/C24H30N2O3/c1-2-20-8-6-7-11-22(20)27-17-16-25-12-14-26(15-13-25)24-19-28-23(18-29-24)21-9-4-3-5-10-21/h3-4,6-9,11,18-19H,2,5,10,12-17H2,1H3. The van der Waals surface area contributed by atoms with Gasteiger partial charge in [0.1, 0.15) is 18.6 Å². The van der Waals surface area contributed by atoms with Crippen LogP contribution in [-0.4, -0.2) is 49.1 Å². The van der Waals surface area contributed by atoms with Gasteiger partial charge in [0, 0.05) is 32.7 Å². The largest absolute Gasteiger partial charge is 0.492 e. The molecule has 0 saturated carbocycles. The molecule has 0 unspecified atom stereocenters.